The lowest BCUT2D eigenvalue weighted by Gasteiger charge is -2.20. The highest BCUT2D eigenvalue weighted by Crippen LogP contribution is 2.28. The number of methoxy groups -OCH3 is 1. The van der Waals surface area contributed by atoms with Crippen molar-refractivity contribution in [3.05, 3.63) is 53.6 Å². The van der Waals surface area contributed by atoms with Gasteiger partial charge in [-0.3, -0.25) is 4.79 Å². The number of halogens is 3. The summed E-state index contributed by atoms with van der Waals surface area (Å²) in [4.78, 5) is 14.2. The second kappa shape index (κ2) is 8.96. The molecule has 0 spiro atoms. The van der Waals surface area contributed by atoms with Gasteiger partial charge in [-0.2, -0.15) is 0 Å². The van der Waals surface area contributed by atoms with E-state index in [0.29, 0.717) is 30.9 Å². The summed E-state index contributed by atoms with van der Waals surface area (Å²) in [6.45, 7) is 2.69. The molecule has 140 valence electrons. The SMILES string of the molecule is COc1ccc(-c2ccc(C(=O)N3CCCNCC3)c(F)c2)c(F)c1.Cl. The molecule has 4 nitrogen and oxygen atoms in total. The molecule has 2 aromatic rings. The summed E-state index contributed by atoms with van der Waals surface area (Å²) in [7, 11) is 1.45. The average molecular weight is 383 g/mol. The molecule has 1 fully saturated rings. The van der Waals surface area contributed by atoms with Crippen LogP contribution in [0.4, 0.5) is 8.78 Å². The van der Waals surface area contributed by atoms with E-state index in [1.165, 1.54) is 31.4 Å². The van der Waals surface area contributed by atoms with Crippen LogP contribution in [0.1, 0.15) is 16.8 Å². The summed E-state index contributed by atoms with van der Waals surface area (Å²) in [6.07, 6.45) is 0.836. The van der Waals surface area contributed by atoms with Crippen molar-refractivity contribution < 1.29 is 18.3 Å². The Kier molecular flexibility index (Phi) is 6.94. The first kappa shape index (κ1) is 20.1. The molecule has 1 heterocycles. The van der Waals surface area contributed by atoms with Crippen molar-refractivity contribution in [1.82, 2.24) is 10.2 Å². The van der Waals surface area contributed by atoms with Gasteiger partial charge in [-0.05, 0) is 42.8 Å². The quantitative estimate of drug-likeness (QED) is 0.883. The summed E-state index contributed by atoms with van der Waals surface area (Å²) in [5.41, 5.74) is 0.656. The molecule has 1 amide bonds. The Morgan fingerprint density at radius 1 is 1.08 bits per heavy atom. The lowest BCUT2D eigenvalue weighted by Crippen LogP contribution is -2.34. The predicted molar refractivity (Wildman–Crippen MR) is 99.0 cm³/mol. The van der Waals surface area contributed by atoms with Crippen LogP contribution in [0.3, 0.4) is 0 Å². The lowest BCUT2D eigenvalue weighted by atomic mass is 10.0. The Labute approximate surface area is 157 Å². The molecular weight excluding hydrogens is 362 g/mol. The van der Waals surface area contributed by atoms with Gasteiger partial charge in [0.25, 0.3) is 5.91 Å². The van der Waals surface area contributed by atoms with E-state index in [4.69, 9.17) is 4.74 Å². The van der Waals surface area contributed by atoms with E-state index < -0.39 is 11.6 Å². The van der Waals surface area contributed by atoms with Crippen LogP contribution in [0.15, 0.2) is 36.4 Å². The summed E-state index contributed by atoms with van der Waals surface area (Å²) >= 11 is 0. The first-order chi connectivity index (χ1) is 12.1. The fraction of sp³-hybridized carbons (Fsp3) is 0.316. The van der Waals surface area contributed by atoms with E-state index in [2.05, 4.69) is 5.32 Å². The van der Waals surface area contributed by atoms with Crippen molar-refractivity contribution in [2.24, 2.45) is 0 Å². The standard InChI is InChI=1S/C19H20F2N2O2.ClH/c1-25-14-4-6-15(18(21)12-14)13-3-5-16(17(20)11-13)19(24)23-9-2-7-22-8-10-23;/h3-6,11-12,22H,2,7-10H2,1H3;1H. The number of nitrogens with one attached hydrogen (secondary N) is 1. The van der Waals surface area contributed by atoms with Crippen LogP contribution in [0.5, 0.6) is 5.75 Å². The minimum atomic E-state index is -0.644. The largest absolute Gasteiger partial charge is 0.497 e. The van der Waals surface area contributed by atoms with Crippen molar-refractivity contribution in [3.8, 4) is 16.9 Å². The lowest BCUT2D eigenvalue weighted by molar-refractivity contribution is 0.0761. The third kappa shape index (κ3) is 4.31. The molecular formula is C19H21ClF2N2O2. The highest BCUT2D eigenvalue weighted by molar-refractivity contribution is 5.95. The molecule has 0 unspecified atom stereocenters. The maximum atomic E-state index is 14.5. The zero-order valence-corrected chi connectivity index (χ0v) is 15.2. The fourth-order valence-corrected chi connectivity index (χ4v) is 2.93. The Hall–Kier alpha value is -2.18. The molecule has 7 heteroatoms. The van der Waals surface area contributed by atoms with E-state index in [0.717, 1.165) is 13.0 Å². The number of hydrogen-bond donors (Lipinski definition) is 1. The number of benzene rings is 2. The molecule has 0 saturated carbocycles. The second-order valence-electron chi connectivity index (χ2n) is 5.94. The van der Waals surface area contributed by atoms with Crippen LogP contribution in [0.25, 0.3) is 11.1 Å². The van der Waals surface area contributed by atoms with Crippen molar-refractivity contribution in [2.75, 3.05) is 33.3 Å². The summed E-state index contributed by atoms with van der Waals surface area (Å²) < 4.78 is 33.6. The molecule has 26 heavy (non-hydrogen) atoms. The topological polar surface area (TPSA) is 41.6 Å². The van der Waals surface area contributed by atoms with E-state index in [1.54, 1.807) is 17.0 Å². The molecule has 1 N–H and O–H groups in total. The molecule has 0 bridgehead atoms. The molecule has 3 rings (SSSR count). The Morgan fingerprint density at radius 2 is 1.88 bits per heavy atom. The fourth-order valence-electron chi connectivity index (χ4n) is 2.93. The van der Waals surface area contributed by atoms with E-state index in [9.17, 15) is 13.6 Å². The zero-order chi connectivity index (χ0) is 17.8. The average Bonchev–Trinajstić information content (AvgIpc) is 2.90. The predicted octanol–water partition coefficient (Wildman–Crippen LogP) is 3.50. The van der Waals surface area contributed by atoms with Gasteiger partial charge in [-0.1, -0.05) is 6.07 Å². The molecule has 1 aliphatic rings. The Balaban J connectivity index is 0.00000243. The van der Waals surface area contributed by atoms with Gasteiger partial charge < -0.3 is 15.0 Å². The van der Waals surface area contributed by atoms with Crippen LogP contribution < -0.4 is 10.1 Å². The zero-order valence-electron chi connectivity index (χ0n) is 14.4. The molecule has 1 saturated heterocycles. The molecule has 0 aromatic heterocycles. The number of carbonyl (C=O) groups excluding carboxylic acids is 1. The van der Waals surface area contributed by atoms with Gasteiger partial charge in [0, 0.05) is 31.3 Å². The molecule has 1 aliphatic heterocycles. The number of amides is 1. The maximum Gasteiger partial charge on any atom is 0.256 e. The molecule has 0 aliphatic carbocycles. The number of nitrogens with zero attached hydrogens (tertiary/aromatic N) is 1. The van der Waals surface area contributed by atoms with E-state index in [-0.39, 0.29) is 29.4 Å². The van der Waals surface area contributed by atoms with Gasteiger partial charge in [0.05, 0.1) is 12.7 Å². The van der Waals surface area contributed by atoms with Gasteiger partial charge in [-0.25, -0.2) is 8.78 Å². The minimum absolute atomic E-state index is 0. The van der Waals surface area contributed by atoms with Crippen LogP contribution in [-0.2, 0) is 0 Å². The van der Waals surface area contributed by atoms with Crippen LogP contribution in [-0.4, -0.2) is 44.1 Å². The third-order valence-corrected chi connectivity index (χ3v) is 4.31. The van der Waals surface area contributed by atoms with Gasteiger partial charge in [0.15, 0.2) is 0 Å². The maximum absolute atomic E-state index is 14.5. The van der Waals surface area contributed by atoms with Gasteiger partial charge in [0.1, 0.15) is 17.4 Å². The summed E-state index contributed by atoms with van der Waals surface area (Å²) in [5.74, 6) is -1.09. The van der Waals surface area contributed by atoms with Crippen molar-refractivity contribution in [3.63, 3.8) is 0 Å². The van der Waals surface area contributed by atoms with Crippen molar-refractivity contribution in [1.29, 1.82) is 0 Å². The smallest absolute Gasteiger partial charge is 0.256 e. The Bertz CT molecular complexity index is 778. The molecule has 0 radical (unpaired) electrons. The highest BCUT2D eigenvalue weighted by atomic mass is 35.5. The van der Waals surface area contributed by atoms with E-state index in [1.807, 2.05) is 0 Å². The summed E-state index contributed by atoms with van der Waals surface area (Å²) in [6, 6.07) is 8.58. The van der Waals surface area contributed by atoms with Gasteiger partial charge >= 0.3 is 0 Å². The molecule has 0 atom stereocenters. The first-order valence-corrected chi connectivity index (χ1v) is 8.23. The number of carbonyl (C=O) groups is 1. The third-order valence-electron chi connectivity index (χ3n) is 4.31. The number of ether oxygens (including phenoxy) is 1. The van der Waals surface area contributed by atoms with Crippen LogP contribution in [0, 0.1) is 11.6 Å². The monoisotopic (exact) mass is 382 g/mol. The Morgan fingerprint density at radius 3 is 2.58 bits per heavy atom. The normalized spacial score (nSPS) is 14.3. The summed E-state index contributed by atoms with van der Waals surface area (Å²) in [5, 5.41) is 3.20. The number of hydrogen-bond acceptors (Lipinski definition) is 3. The van der Waals surface area contributed by atoms with Crippen LogP contribution in [0.2, 0.25) is 0 Å². The number of rotatable bonds is 3. The first-order valence-electron chi connectivity index (χ1n) is 8.23. The second-order valence-corrected chi connectivity index (χ2v) is 5.94. The highest BCUT2D eigenvalue weighted by Gasteiger charge is 2.21. The van der Waals surface area contributed by atoms with E-state index >= 15 is 0 Å². The van der Waals surface area contributed by atoms with Crippen LogP contribution >= 0.6 is 12.4 Å². The van der Waals surface area contributed by atoms with Gasteiger partial charge in [-0.15, -0.1) is 12.4 Å². The molecule has 2 aromatic carbocycles. The van der Waals surface area contributed by atoms with Crippen molar-refractivity contribution in [2.45, 2.75) is 6.42 Å². The van der Waals surface area contributed by atoms with Crippen molar-refractivity contribution >= 4 is 18.3 Å². The minimum Gasteiger partial charge on any atom is -0.497 e. The van der Waals surface area contributed by atoms with Gasteiger partial charge in [0.2, 0.25) is 0 Å².